The Hall–Kier alpha value is -0.560. The number of benzene rings is 1. The van der Waals surface area contributed by atoms with Crippen molar-refractivity contribution >= 4 is 21.8 Å². The van der Waals surface area contributed by atoms with Crippen LogP contribution in [0.2, 0.25) is 0 Å². The summed E-state index contributed by atoms with van der Waals surface area (Å²) in [6.07, 6.45) is 0. The summed E-state index contributed by atoms with van der Waals surface area (Å²) in [5.41, 5.74) is 2.27. The molecule has 0 saturated carbocycles. The predicted octanol–water partition coefficient (Wildman–Crippen LogP) is 1.71. The molecule has 19 heavy (non-hydrogen) atoms. The molecule has 0 amide bonds. The zero-order valence-corrected chi connectivity index (χ0v) is 12.9. The van der Waals surface area contributed by atoms with Crippen molar-refractivity contribution in [2.75, 3.05) is 11.5 Å². The molecule has 2 rings (SSSR count). The molecule has 1 unspecified atom stereocenters. The normalized spacial score (nSPS) is 16.3. The Morgan fingerprint density at radius 3 is 2.84 bits per heavy atom. The Labute approximate surface area is 119 Å². The minimum atomic E-state index is -3.40. The second kappa shape index (κ2) is 6.26. The van der Waals surface area contributed by atoms with Crippen LogP contribution in [0.4, 0.5) is 0 Å². The standard InChI is InChI=1S/C13H20N2O2S2/c1-3-18-9-10(2)15-19(16,17)13-5-4-11-7-14-8-12(11)6-13/h4-6,10,14-15H,3,7-9H2,1-2H3. The lowest BCUT2D eigenvalue weighted by Crippen LogP contribution is -2.34. The summed E-state index contributed by atoms with van der Waals surface area (Å²) in [4.78, 5) is 0.364. The van der Waals surface area contributed by atoms with E-state index in [4.69, 9.17) is 0 Å². The maximum Gasteiger partial charge on any atom is 0.240 e. The molecule has 0 saturated heterocycles. The first kappa shape index (κ1) is 14.8. The van der Waals surface area contributed by atoms with Crippen LogP contribution >= 0.6 is 11.8 Å². The minimum Gasteiger partial charge on any atom is -0.309 e. The van der Waals surface area contributed by atoms with E-state index in [1.165, 1.54) is 5.56 Å². The summed E-state index contributed by atoms with van der Waals surface area (Å²) in [6, 6.07) is 5.31. The third-order valence-corrected chi connectivity index (χ3v) is 5.78. The summed E-state index contributed by atoms with van der Waals surface area (Å²) in [7, 11) is -3.40. The van der Waals surface area contributed by atoms with Crippen LogP contribution in [0.25, 0.3) is 0 Å². The average Bonchev–Trinajstić information content (AvgIpc) is 2.82. The monoisotopic (exact) mass is 300 g/mol. The van der Waals surface area contributed by atoms with E-state index in [2.05, 4.69) is 17.0 Å². The Kier molecular flexibility index (Phi) is 4.89. The number of hydrogen-bond acceptors (Lipinski definition) is 4. The lowest BCUT2D eigenvalue weighted by Gasteiger charge is -2.14. The van der Waals surface area contributed by atoms with Crippen LogP contribution in [-0.2, 0) is 23.1 Å². The van der Waals surface area contributed by atoms with Crippen molar-refractivity contribution in [3.05, 3.63) is 29.3 Å². The molecule has 0 fully saturated rings. The first-order valence-corrected chi connectivity index (χ1v) is 9.09. The molecule has 0 bridgehead atoms. The summed E-state index contributed by atoms with van der Waals surface area (Å²) < 4.78 is 27.3. The Bertz CT molecular complexity index is 544. The van der Waals surface area contributed by atoms with Crippen molar-refractivity contribution in [3.8, 4) is 0 Å². The van der Waals surface area contributed by atoms with Gasteiger partial charge in [0.25, 0.3) is 0 Å². The zero-order valence-electron chi connectivity index (χ0n) is 11.3. The molecule has 0 aliphatic carbocycles. The fourth-order valence-corrected chi connectivity index (χ4v) is 4.17. The second-order valence-electron chi connectivity index (χ2n) is 4.72. The smallest absolute Gasteiger partial charge is 0.240 e. The molecule has 2 N–H and O–H groups in total. The molecule has 1 aliphatic heterocycles. The highest BCUT2D eigenvalue weighted by Crippen LogP contribution is 2.20. The first-order chi connectivity index (χ1) is 9.03. The number of thioether (sulfide) groups is 1. The van der Waals surface area contributed by atoms with Crippen LogP contribution in [-0.4, -0.2) is 26.0 Å². The van der Waals surface area contributed by atoms with Gasteiger partial charge in [-0.15, -0.1) is 0 Å². The van der Waals surface area contributed by atoms with E-state index in [0.717, 1.165) is 30.2 Å². The third kappa shape index (κ3) is 3.72. The van der Waals surface area contributed by atoms with Crippen LogP contribution in [0.15, 0.2) is 23.1 Å². The molecule has 0 aromatic heterocycles. The molecule has 106 valence electrons. The molecule has 6 heteroatoms. The van der Waals surface area contributed by atoms with Crippen molar-refractivity contribution in [3.63, 3.8) is 0 Å². The van der Waals surface area contributed by atoms with Gasteiger partial charge in [-0.1, -0.05) is 13.0 Å². The minimum absolute atomic E-state index is 0.0543. The fourth-order valence-electron chi connectivity index (χ4n) is 2.10. The van der Waals surface area contributed by atoms with Gasteiger partial charge in [0.05, 0.1) is 4.90 Å². The van der Waals surface area contributed by atoms with Gasteiger partial charge >= 0.3 is 0 Å². The van der Waals surface area contributed by atoms with Crippen LogP contribution in [0.1, 0.15) is 25.0 Å². The van der Waals surface area contributed by atoms with Crippen LogP contribution in [0.5, 0.6) is 0 Å². The van der Waals surface area contributed by atoms with Crippen molar-refractivity contribution in [1.82, 2.24) is 10.0 Å². The maximum absolute atomic E-state index is 12.3. The number of nitrogens with one attached hydrogen (secondary N) is 2. The number of rotatable bonds is 6. The number of sulfonamides is 1. The van der Waals surface area contributed by atoms with Crippen molar-refractivity contribution < 1.29 is 8.42 Å². The maximum atomic E-state index is 12.3. The first-order valence-electron chi connectivity index (χ1n) is 6.45. The van der Waals surface area contributed by atoms with Gasteiger partial charge in [0.1, 0.15) is 0 Å². The summed E-state index contributed by atoms with van der Waals surface area (Å²) >= 11 is 1.74. The highest BCUT2D eigenvalue weighted by atomic mass is 32.2. The van der Waals surface area contributed by atoms with Gasteiger partial charge in [0.2, 0.25) is 10.0 Å². The highest BCUT2D eigenvalue weighted by Gasteiger charge is 2.20. The highest BCUT2D eigenvalue weighted by molar-refractivity contribution is 7.99. The molecular weight excluding hydrogens is 280 g/mol. The Morgan fingerprint density at radius 1 is 1.37 bits per heavy atom. The van der Waals surface area contributed by atoms with E-state index in [-0.39, 0.29) is 6.04 Å². The largest absolute Gasteiger partial charge is 0.309 e. The van der Waals surface area contributed by atoms with Gasteiger partial charge < -0.3 is 5.32 Å². The Morgan fingerprint density at radius 2 is 2.11 bits per heavy atom. The van der Waals surface area contributed by atoms with E-state index in [1.807, 2.05) is 13.0 Å². The quantitative estimate of drug-likeness (QED) is 0.840. The van der Waals surface area contributed by atoms with E-state index < -0.39 is 10.0 Å². The molecule has 4 nitrogen and oxygen atoms in total. The summed E-state index contributed by atoms with van der Waals surface area (Å²) in [6.45, 7) is 5.54. The molecule has 1 heterocycles. The van der Waals surface area contributed by atoms with Gasteiger partial charge in [-0.3, -0.25) is 0 Å². The van der Waals surface area contributed by atoms with Crippen molar-refractivity contribution in [1.29, 1.82) is 0 Å². The second-order valence-corrected chi connectivity index (χ2v) is 7.75. The van der Waals surface area contributed by atoms with Crippen molar-refractivity contribution in [2.24, 2.45) is 0 Å². The van der Waals surface area contributed by atoms with Gasteiger partial charge in [0, 0.05) is 24.9 Å². The predicted molar refractivity (Wildman–Crippen MR) is 79.8 cm³/mol. The van der Waals surface area contributed by atoms with Gasteiger partial charge in [0.15, 0.2) is 0 Å². The molecule has 1 aromatic carbocycles. The molecule has 0 spiro atoms. The summed E-state index contributed by atoms with van der Waals surface area (Å²) in [5, 5.41) is 3.22. The zero-order chi connectivity index (χ0) is 13.9. The molecule has 0 radical (unpaired) electrons. The molecule has 1 aromatic rings. The molecule has 1 aliphatic rings. The summed E-state index contributed by atoms with van der Waals surface area (Å²) in [5.74, 6) is 1.79. The average molecular weight is 300 g/mol. The molecule has 1 atom stereocenters. The van der Waals surface area contributed by atoms with E-state index in [9.17, 15) is 8.42 Å². The SMILES string of the molecule is CCSCC(C)NS(=O)(=O)c1ccc2c(c1)CNC2. The van der Waals surface area contributed by atoms with Crippen molar-refractivity contribution in [2.45, 2.75) is 37.9 Å². The molecular formula is C13H20N2O2S2. The van der Waals surface area contributed by atoms with E-state index >= 15 is 0 Å². The number of fused-ring (bicyclic) bond motifs is 1. The lowest BCUT2D eigenvalue weighted by atomic mass is 10.1. The fraction of sp³-hybridized carbons (Fsp3) is 0.538. The van der Waals surface area contributed by atoms with Crippen LogP contribution < -0.4 is 10.0 Å². The third-order valence-electron chi connectivity index (χ3n) is 3.05. The van der Waals surface area contributed by atoms with Crippen LogP contribution in [0.3, 0.4) is 0 Å². The van der Waals surface area contributed by atoms with Gasteiger partial charge in [-0.05, 0) is 35.9 Å². The lowest BCUT2D eigenvalue weighted by molar-refractivity contribution is 0.571. The van der Waals surface area contributed by atoms with Gasteiger partial charge in [-0.25, -0.2) is 13.1 Å². The van der Waals surface area contributed by atoms with E-state index in [1.54, 1.807) is 23.9 Å². The van der Waals surface area contributed by atoms with E-state index in [0.29, 0.717) is 4.90 Å². The Balaban J connectivity index is 2.11. The van der Waals surface area contributed by atoms with Crippen LogP contribution in [0, 0.1) is 0 Å². The number of hydrogen-bond donors (Lipinski definition) is 2. The van der Waals surface area contributed by atoms with Gasteiger partial charge in [-0.2, -0.15) is 11.8 Å². The topological polar surface area (TPSA) is 58.2 Å².